The zero-order valence-electron chi connectivity index (χ0n) is 15.9. The lowest BCUT2D eigenvalue weighted by atomic mass is 10.1. The van der Waals surface area contributed by atoms with E-state index in [1.165, 1.54) is 16.0 Å². The molecular weight excluding hydrogens is 390 g/mol. The highest BCUT2D eigenvalue weighted by atomic mass is 32.1. The van der Waals surface area contributed by atoms with Gasteiger partial charge >= 0.3 is 0 Å². The number of hydrogen-bond acceptors (Lipinski definition) is 6. The summed E-state index contributed by atoms with van der Waals surface area (Å²) in [5, 5.41) is 1.12. The molecule has 4 rings (SSSR count). The highest BCUT2D eigenvalue weighted by Crippen LogP contribution is 2.23. The third-order valence-corrected chi connectivity index (χ3v) is 7.07. The first-order valence-corrected chi connectivity index (χ1v) is 11.2. The standard InChI is InChI=1S/C21H23N3O2S2/c1-15-6-8-19(27-15)17(25)7-9-21(26)24-12-10-23(11-13-24)14-20-22-16-4-2-3-5-18(16)28-20/h2-6,8H,7,9-14H2,1H3. The topological polar surface area (TPSA) is 53.5 Å². The van der Waals surface area contributed by atoms with Crippen molar-refractivity contribution in [3.8, 4) is 0 Å². The van der Waals surface area contributed by atoms with Crippen LogP contribution < -0.4 is 0 Å². The number of piperazine rings is 1. The van der Waals surface area contributed by atoms with Crippen molar-refractivity contribution in [2.24, 2.45) is 0 Å². The second-order valence-corrected chi connectivity index (χ2v) is 9.47. The molecule has 3 aromatic rings. The van der Waals surface area contributed by atoms with E-state index in [9.17, 15) is 9.59 Å². The summed E-state index contributed by atoms with van der Waals surface area (Å²) in [6.07, 6.45) is 0.596. The van der Waals surface area contributed by atoms with Crippen molar-refractivity contribution in [1.82, 2.24) is 14.8 Å². The monoisotopic (exact) mass is 413 g/mol. The van der Waals surface area contributed by atoms with E-state index in [1.54, 1.807) is 11.3 Å². The van der Waals surface area contributed by atoms with Gasteiger partial charge in [-0.2, -0.15) is 0 Å². The first-order valence-electron chi connectivity index (χ1n) is 9.53. The first kappa shape index (κ1) is 19.2. The second kappa shape index (κ2) is 8.51. The van der Waals surface area contributed by atoms with Crippen LogP contribution in [0.5, 0.6) is 0 Å². The van der Waals surface area contributed by atoms with Gasteiger partial charge in [-0.05, 0) is 31.2 Å². The number of rotatable bonds is 6. The average molecular weight is 414 g/mol. The molecule has 0 spiro atoms. The molecule has 1 amide bonds. The Morgan fingerprint density at radius 3 is 2.50 bits per heavy atom. The molecule has 0 radical (unpaired) electrons. The van der Waals surface area contributed by atoms with Gasteiger partial charge < -0.3 is 4.90 Å². The van der Waals surface area contributed by atoms with Crippen LogP contribution in [0.3, 0.4) is 0 Å². The van der Waals surface area contributed by atoms with Gasteiger partial charge in [0, 0.05) is 43.9 Å². The summed E-state index contributed by atoms with van der Waals surface area (Å²) in [5.74, 6) is 0.155. The molecule has 0 bridgehead atoms. The molecule has 1 aliphatic heterocycles. The van der Waals surface area contributed by atoms with Gasteiger partial charge in [0.1, 0.15) is 5.01 Å². The van der Waals surface area contributed by atoms with E-state index in [1.807, 2.05) is 42.2 Å². The molecule has 5 nitrogen and oxygen atoms in total. The largest absolute Gasteiger partial charge is 0.340 e. The summed E-state index contributed by atoms with van der Waals surface area (Å²) in [5.41, 5.74) is 1.06. The number of carbonyl (C=O) groups is 2. The van der Waals surface area contributed by atoms with Gasteiger partial charge in [0.25, 0.3) is 0 Å². The van der Waals surface area contributed by atoms with Gasteiger partial charge in [0.15, 0.2) is 5.78 Å². The van der Waals surface area contributed by atoms with Gasteiger partial charge in [-0.25, -0.2) is 4.98 Å². The molecule has 1 saturated heterocycles. The van der Waals surface area contributed by atoms with Gasteiger partial charge in [-0.1, -0.05) is 12.1 Å². The maximum absolute atomic E-state index is 12.5. The Hall–Kier alpha value is -2.09. The van der Waals surface area contributed by atoms with Crippen LogP contribution in [0.4, 0.5) is 0 Å². The van der Waals surface area contributed by atoms with Crippen LogP contribution in [0.2, 0.25) is 0 Å². The molecule has 0 aliphatic carbocycles. The second-order valence-electron chi connectivity index (χ2n) is 7.07. The maximum Gasteiger partial charge on any atom is 0.223 e. The summed E-state index contributed by atoms with van der Waals surface area (Å²) in [7, 11) is 0. The number of para-hydroxylation sites is 1. The Morgan fingerprint density at radius 2 is 1.79 bits per heavy atom. The SMILES string of the molecule is Cc1ccc(C(=O)CCC(=O)N2CCN(Cc3nc4ccccc4s3)CC2)s1. The lowest BCUT2D eigenvalue weighted by Crippen LogP contribution is -2.48. The zero-order valence-corrected chi connectivity index (χ0v) is 17.5. The predicted octanol–water partition coefficient (Wildman–Crippen LogP) is 3.97. The van der Waals surface area contributed by atoms with Crippen LogP contribution in [0.15, 0.2) is 36.4 Å². The number of thiazole rings is 1. The minimum Gasteiger partial charge on any atom is -0.340 e. The molecule has 7 heteroatoms. The van der Waals surface area contributed by atoms with Crippen LogP contribution >= 0.6 is 22.7 Å². The minimum atomic E-state index is 0.0703. The lowest BCUT2D eigenvalue weighted by molar-refractivity contribution is -0.132. The Morgan fingerprint density at radius 1 is 1.00 bits per heavy atom. The number of aromatic nitrogens is 1. The van der Waals surface area contributed by atoms with E-state index in [2.05, 4.69) is 11.0 Å². The van der Waals surface area contributed by atoms with Gasteiger partial charge in [-0.3, -0.25) is 14.5 Å². The number of ketones is 1. The van der Waals surface area contributed by atoms with Crippen molar-refractivity contribution in [2.75, 3.05) is 26.2 Å². The molecule has 146 valence electrons. The van der Waals surface area contributed by atoms with Crippen LogP contribution in [0, 0.1) is 6.92 Å². The van der Waals surface area contributed by atoms with E-state index in [-0.39, 0.29) is 11.7 Å². The molecule has 1 fully saturated rings. The number of aryl methyl sites for hydroxylation is 1. The first-order chi connectivity index (χ1) is 13.6. The van der Waals surface area contributed by atoms with Crippen molar-refractivity contribution in [1.29, 1.82) is 0 Å². The van der Waals surface area contributed by atoms with Gasteiger partial charge in [0.05, 0.1) is 21.6 Å². The number of carbonyl (C=O) groups excluding carboxylic acids is 2. The van der Waals surface area contributed by atoms with Crippen LogP contribution in [-0.2, 0) is 11.3 Å². The van der Waals surface area contributed by atoms with Crippen molar-refractivity contribution in [3.63, 3.8) is 0 Å². The molecule has 1 aliphatic rings. The van der Waals surface area contributed by atoms with E-state index >= 15 is 0 Å². The van der Waals surface area contributed by atoms with Gasteiger partial charge in [0.2, 0.25) is 5.91 Å². The molecule has 0 atom stereocenters. The lowest BCUT2D eigenvalue weighted by Gasteiger charge is -2.34. The maximum atomic E-state index is 12.5. The Kier molecular flexibility index (Phi) is 5.85. The highest BCUT2D eigenvalue weighted by molar-refractivity contribution is 7.18. The fourth-order valence-corrected chi connectivity index (χ4v) is 5.27. The molecule has 2 aromatic heterocycles. The summed E-state index contributed by atoms with van der Waals surface area (Å²) in [6, 6.07) is 12.0. The number of Topliss-reactive ketones (excluding diaryl/α,β-unsaturated/α-hetero) is 1. The number of amides is 1. The Bertz CT molecular complexity index is 953. The molecule has 0 saturated carbocycles. The van der Waals surface area contributed by atoms with Crippen LogP contribution in [0.1, 0.15) is 32.4 Å². The van der Waals surface area contributed by atoms with E-state index in [0.29, 0.717) is 12.8 Å². The quantitative estimate of drug-likeness (QED) is 0.574. The zero-order chi connectivity index (χ0) is 19.5. The molecule has 1 aromatic carbocycles. The molecule has 28 heavy (non-hydrogen) atoms. The summed E-state index contributed by atoms with van der Waals surface area (Å²) < 4.78 is 1.22. The summed E-state index contributed by atoms with van der Waals surface area (Å²) in [6.45, 7) is 5.95. The fourth-order valence-electron chi connectivity index (χ4n) is 3.42. The van der Waals surface area contributed by atoms with Crippen molar-refractivity contribution in [2.45, 2.75) is 26.3 Å². The number of benzene rings is 1. The summed E-state index contributed by atoms with van der Waals surface area (Å²) in [4.78, 5) is 35.5. The van der Waals surface area contributed by atoms with E-state index < -0.39 is 0 Å². The van der Waals surface area contributed by atoms with Crippen molar-refractivity contribution < 1.29 is 9.59 Å². The number of nitrogens with zero attached hydrogens (tertiary/aromatic N) is 3. The Balaban J connectivity index is 1.24. The van der Waals surface area contributed by atoms with Gasteiger partial charge in [-0.15, -0.1) is 22.7 Å². The fraction of sp³-hybridized carbons (Fsp3) is 0.381. The highest BCUT2D eigenvalue weighted by Gasteiger charge is 2.22. The smallest absolute Gasteiger partial charge is 0.223 e. The molecular formula is C21H23N3O2S2. The Labute approximate surface area is 172 Å². The van der Waals surface area contributed by atoms with Crippen LogP contribution in [-0.4, -0.2) is 52.7 Å². The van der Waals surface area contributed by atoms with E-state index in [0.717, 1.165) is 53.0 Å². The molecule has 0 N–H and O–H groups in total. The number of hydrogen-bond donors (Lipinski definition) is 0. The third kappa shape index (κ3) is 4.48. The molecule has 3 heterocycles. The minimum absolute atomic E-state index is 0.0703. The van der Waals surface area contributed by atoms with Crippen molar-refractivity contribution in [3.05, 3.63) is 51.2 Å². The third-order valence-electron chi connectivity index (χ3n) is 5.00. The number of fused-ring (bicyclic) bond motifs is 1. The van der Waals surface area contributed by atoms with Crippen molar-refractivity contribution >= 4 is 44.6 Å². The average Bonchev–Trinajstić information content (AvgIpc) is 3.32. The normalized spacial score (nSPS) is 15.2. The number of thiophene rings is 1. The van der Waals surface area contributed by atoms with E-state index in [4.69, 9.17) is 4.98 Å². The van der Waals surface area contributed by atoms with Crippen LogP contribution in [0.25, 0.3) is 10.2 Å². The predicted molar refractivity (Wildman–Crippen MR) is 114 cm³/mol. The summed E-state index contributed by atoms with van der Waals surface area (Å²) >= 11 is 3.24. The molecule has 0 unspecified atom stereocenters.